The molecule has 0 saturated heterocycles. The van der Waals surface area contributed by atoms with Gasteiger partial charge >= 0.3 is 0 Å². The zero-order chi connectivity index (χ0) is 17.4. The van der Waals surface area contributed by atoms with Gasteiger partial charge in [0, 0.05) is 11.5 Å². The van der Waals surface area contributed by atoms with Crippen molar-refractivity contribution in [1.29, 1.82) is 0 Å². The average Bonchev–Trinajstić information content (AvgIpc) is 3.14. The standard InChI is InChI=1S/C22H29NO2/c1-13(24)17-6-7-18-16-5-4-15-10-20-14(12-23-25-20)11-22(15,3)19(16)8-9-21(17,18)2/h10,12,16-19H,4-9,11H2,1-3H3/t16-,17+,18-,19-,21+,22-/m0/s1. The lowest BCUT2D eigenvalue weighted by molar-refractivity contribution is -0.127. The highest BCUT2D eigenvalue weighted by molar-refractivity contribution is 5.79. The van der Waals surface area contributed by atoms with Crippen LogP contribution in [-0.2, 0) is 11.2 Å². The molecule has 0 aliphatic heterocycles. The summed E-state index contributed by atoms with van der Waals surface area (Å²) in [4.78, 5) is 12.2. The molecule has 3 fully saturated rings. The van der Waals surface area contributed by atoms with Gasteiger partial charge in [0.1, 0.15) is 5.78 Å². The number of hydrogen-bond donors (Lipinski definition) is 0. The van der Waals surface area contributed by atoms with Crippen LogP contribution >= 0.6 is 0 Å². The summed E-state index contributed by atoms with van der Waals surface area (Å²) in [6.45, 7) is 6.74. The fourth-order valence-corrected chi connectivity index (χ4v) is 7.55. The Hall–Kier alpha value is -1.38. The molecule has 6 atom stereocenters. The van der Waals surface area contributed by atoms with Crippen molar-refractivity contribution >= 4 is 11.9 Å². The number of ketones is 1. The molecule has 0 N–H and O–H groups in total. The number of allylic oxidation sites excluding steroid dienone is 1. The van der Waals surface area contributed by atoms with Gasteiger partial charge in [0.05, 0.1) is 6.20 Å². The SMILES string of the molecule is CC(=O)[C@H]1CC[C@H]2[C@@H]3CCC4=Cc5oncc5C[C@]4(C)[C@H]3CC[C@]12C. The molecular weight excluding hydrogens is 310 g/mol. The van der Waals surface area contributed by atoms with Crippen LogP contribution in [0.3, 0.4) is 0 Å². The maximum absolute atomic E-state index is 12.2. The molecule has 0 spiro atoms. The Morgan fingerprint density at radius 2 is 2.04 bits per heavy atom. The van der Waals surface area contributed by atoms with E-state index in [0.717, 1.165) is 36.4 Å². The lowest BCUT2D eigenvalue weighted by Gasteiger charge is -2.57. The van der Waals surface area contributed by atoms with Gasteiger partial charge in [-0.2, -0.15) is 0 Å². The summed E-state index contributed by atoms with van der Waals surface area (Å²) in [7, 11) is 0. The van der Waals surface area contributed by atoms with E-state index in [4.69, 9.17) is 4.52 Å². The van der Waals surface area contributed by atoms with Crippen LogP contribution in [-0.4, -0.2) is 10.9 Å². The molecule has 1 heterocycles. The van der Waals surface area contributed by atoms with Gasteiger partial charge in [0.25, 0.3) is 0 Å². The highest BCUT2D eigenvalue weighted by Gasteiger charge is 2.59. The quantitative estimate of drug-likeness (QED) is 0.718. The number of carbonyl (C=O) groups is 1. The van der Waals surface area contributed by atoms with Crippen molar-refractivity contribution in [2.24, 2.45) is 34.5 Å². The summed E-state index contributed by atoms with van der Waals surface area (Å²) < 4.78 is 5.45. The molecule has 0 bridgehead atoms. The van der Waals surface area contributed by atoms with Crippen LogP contribution in [0.5, 0.6) is 0 Å². The summed E-state index contributed by atoms with van der Waals surface area (Å²) >= 11 is 0. The van der Waals surface area contributed by atoms with Gasteiger partial charge in [-0.25, -0.2) is 0 Å². The fourth-order valence-electron chi connectivity index (χ4n) is 7.55. The Morgan fingerprint density at radius 1 is 1.20 bits per heavy atom. The van der Waals surface area contributed by atoms with E-state index in [1.165, 1.54) is 37.7 Å². The van der Waals surface area contributed by atoms with Crippen LogP contribution in [0.25, 0.3) is 6.08 Å². The lowest BCUT2D eigenvalue weighted by atomic mass is 9.46. The van der Waals surface area contributed by atoms with E-state index in [1.54, 1.807) is 5.57 Å². The van der Waals surface area contributed by atoms with Crippen LogP contribution in [0.4, 0.5) is 0 Å². The predicted octanol–water partition coefficient (Wildman–Crippen LogP) is 5.06. The third kappa shape index (κ3) is 1.98. The molecule has 5 rings (SSSR count). The molecule has 4 aliphatic carbocycles. The minimum Gasteiger partial charge on any atom is -0.357 e. The lowest BCUT2D eigenvalue weighted by Crippen LogP contribution is -2.51. The summed E-state index contributed by atoms with van der Waals surface area (Å²) in [5.41, 5.74) is 3.38. The Bertz CT molecular complexity index is 762. The van der Waals surface area contributed by atoms with E-state index in [-0.39, 0.29) is 10.8 Å². The van der Waals surface area contributed by atoms with E-state index < -0.39 is 0 Å². The Kier molecular flexibility index (Phi) is 3.22. The second-order valence-corrected chi connectivity index (χ2v) is 9.68. The van der Waals surface area contributed by atoms with Gasteiger partial charge in [0.15, 0.2) is 5.76 Å². The van der Waals surface area contributed by atoms with Crippen molar-refractivity contribution in [2.75, 3.05) is 0 Å². The molecule has 3 saturated carbocycles. The number of hydrogen-bond acceptors (Lipinski definition) is 3. The number of carbonyl (C=O) groups excluding carboxylic acids is 1. The van der Waals surface area contributed by atoms with E-state index >= 15 is 0 Å². The largest absolute Gasteiger partial charge is 0.357 e. The van der Waals surface area contributed by atoms with E-state index in [1.807, 2.05) is 13.1 Å². The first-order valence-corrected chi connectivity index (χ1v) is 10.1. The predicted molar refractivity (Wildman–Crippen MR) is 96.7 cm³/mol. The third-order valence-corrected chi connectivity index (χ3v) is 8.77. The van der Waals surface area contributed by atoms with E-state index in [0.29, 0.717) is 11.7 Å². The van der Waals surface area contributed by atoms with Crippen LogP contribution in [0.1, 0.15) is 70.6 Å². The highest BCUT2D eigenvalue weighted by Crippen LogP contribution is 2.66. The fraction of sp³-hybridized carbons (Fsp3) is 0.727. The normalized spacial score (nSPS) is 45.0. The smallest absolute Gasteiger partial charge is 0.162 e. The van der Waals surface area contributed by atoms with E-state index in [9.17, 15) is 4.79 Å². The number of rotatable bonds is 1. The molecular formula is C22H29NO2. The van der Waals surface area contributed by atoms with Crippen molar-refractivity contribution in [3.05, 3.63) is 23.1 Å². The van der Waals surface area contributed by atoms with Crippen LogP contribution < -0.4 is 0 Å². The molecule has 0 unspecified atom stereocenters. The molecule has 134 valence electrons. The topological polar surface area (TPSA) is 43.1 Å². The van der Waals surface area contributed by atoms with Gasteiger partial charge in [-0.15, -0.1) is 0 Å². The Balaban J connectivity index is 1.51. The minimum atomic E-state index is 0.252. The van der Waals surface area contributed by atoms with Crippen molar-refractivity contribution < 1.29 is 9.32 Å². The maximum Gasteiger partial charge on any atom is 0.162 e. The summed E-state index contributed by atoms with van der Waals surface area (Å²) in [6, 6.07) is 0. The zero-order valence-corrected chi connectivity index (χ0v) is 15.7. The van der Waals surface area contributed by atoms with Gasteiger partial charge in [-0.1, -0.05) is 24.6 Å². The first-order valence-electron chi connectivity index (χ1n) is 10.1. The molecule has 25 heavy (non-hydrogen) atoms. The number of Topliss-reactive ketones (excluding diaryl/α,β-unsaturated/α-hetero) is 1. The number of fused-ring (bicyclic) bond motifs is 6. The monoisotopic (exact) mass is 339 g/mol. The van der Waals surface area contributed by atoms with Gasteiger partial charge in [-0.3, -0.25) is 4.79 Å². The van der Waals surface area contributed by atoms with Gasteiger partial charge < -0.3 is 4.52 Å². The second kappa shape index (κ2) is 5.08. The maximum atomic E-state index is 12.2. The number of nitrogens with zero attached hydrogens (tertiary/aromatic N) is 1. The van der Waals surface area contributed by atoms with Crippen LogP contribution in [0.15, 0.2) is 16.3 Å². The number of aromatic nitrogens is 1. The molecule has 0 radical (unpaired) electrons. The van der Waals surface area contributed by atoms with Crippen molar-refractivity contribution in [3.63, 3.8) is 0 Å². The summed E-state index contributed by atoms with van der Waals surface area (Å²) in [5, 5.41) is 4.03. The molecule has 0 aromatic carbocycles. The molecule has 4 aliphatic rings. The summed E-state index contributed by atoms with van der Waals surface area (Å²) in [6.07, 6.45) is 12.7. The van der Waals surface area contributed by atoms with Crippen molar-refractivity contribution in [1.82, 2.24) is 5.16 Å². The van der Waals surface area contributed by atoms with Crippen molar-refractivity contribution in [3.8, 4) is 0 Å². The van der Waals surface area contributed by atoms with Crippen LogP contribution in [0.2, 0.25) is 0 Å². The third-order valence-electron chi connectivity index (χ3n) is 8.77. The molecule has 3 nitrogen and oxygen atoms in total. The molecule has 0 amide bonds. The van der Waals surface area contributed by atoms with Crippen molar-refractivity contribution in [2.45, 2.75) is 65.7 Å². The summed E-state index contributed by atoms with van der Waals surface area (Å²) in [5.74, 6) is 3.99. The first kappa shape index (κ1) is 15.8. The Morgan fingerprint density at radius 3 is 2.84 bits per heavy atom. The molecule has 1 aromatic heterocycles. The minimum absolute atomic E-state index is 0.252. The van der Waals surface area contributed by atoms with E-state index in [2.05, 4.69) is 25.1 Å². The van der Waals surface area contributed by atoms with Crippen LogP contribution in [0, 0.1) is 34.5 Å². The zero-order valence-electron chi connectivity index (χ0n) is 15.7. The molecule has 3 heteroatoms. The Labute approximate surface area is 150 Å². The van der Waals surface area contributed by atoms with Gasteiger partial charge in [0.2, 0.25) is 0 Å². The highest BCUT2D eigenvalue weighted by atomic mass is 16.5. The second-order valence-electron chi connectivity index (χ2n) is 9.68. The van der Waals surface area contributed by atoms with Gasteiger partial charge in [-0.05, 0) is 86.5 Å². The average molecular weight is 339 g/mol. The first-order chi connectivity index (χ1) is 11.9. The molecule has 1 aromatic rings.